The fraction of sp³-hybridized carbons (Fsp3) is 1.00. The third kappa shape index (κ3) is 4.71. The van der Waals surface area contributed by atoms with Gasteiger partial charge in [-0.3, -0.25) is 4.55 Å². The maximum Gasteiger partial charge on any atom is 0.459 e. The lowest BCUT2D eigenvalue weighted by Gasteiger charge is -2.45. The van der Waals surface area contributed by atoms with Crippen LogP contribution in [0.25, 0.3) is 0 Å². The summed E-state index contributed by atoms with van der Waals surface area (Å²) in [6.45, 7) is 0. The van der Waals surface area contributed by atoms with Gasteiger partial charge in [-0.25, -0.2) is 0 Å². The largest absolute Gasteiger partial charge is 0.459 e. The smallest absolute Gasteiger partial charge is 0.286 e. The summed E-state index contributed by atoms with van der Waals surface area (Å²) < 4.78 is 196. The zero-order valence-corrected chi connectivity index (χ0v) is 13.2. The molecule has 0 aliphatic rings. The first-order valence-corrected chi connectivity index (χ1v) is 7.97. The molecule has 27 heavy (non-hydrogen) atoms. The Morgan fingerprint density at radius 2 is 0.963 bits per heavy atom. The topological polar surface area (TPSA) is 54.4 Å². The van der Waals surface area contributed by atoms with Gasteiger partial charge in [-0.15, -0.1) is 0 Å². The van der Waals surface area contributed by atoms with E-state index in [4.69, 9.17) is 4.55 Å². The summed E-state index contributed by atoms with van der Waals surface area (Å²) in [4.78, 5) is 0. The summed E-state index contributed by atoms with van der Waals surface area (Å²) in [5.74, 6) is -17.0. The maximum absolute atomic E-state index is 13.6. The minimum absolute atomic E-state index is 1.36. The van der Waals surface area contributed by atoms with Crippen LogP contribution < -0.4 is 0 Å². The first-order chi connectivity index (χ1) is 11.5. The van der Waals surface area contributed by atoms with Crippen LogP contribution in [0.3, 0.4) is 0 Å². The van der Waals surface area contributed by atoms with E-state index in [0.29, 0.717) is 0 Å². The number of halogens is 13. The van der Waals surface area contributed by atoms with Gasteiger partial charge in [0.1, 0.15) is 0 Å². The van der Waals surface area contributed by atoms with Gasteiger partial charge < -0.3 is 0 Å². The summed E-state index contributed by atoms with van der Waals surface area (Å²) in [5, 5.41) is 0. The molecule has 0 aromatic carbocycles. The van der Waals surface area contributed by atoms with Crippen molar-refractivity contribution in [2.45, 2.75) is 49.6 Å². The highest BCUT2D eigenvalue weighted by atomic mass is 32.2. The molecule has 0 heterocycles. The van der Waals surface area contributed by atoms with Gasteiger partial charge in [0.25, 0.3) is 10.1 Å². The Hall–Kier alpha value is -1.00. The Labute approximate surface area is 142 Å². The van der Waals surface area contributed by atoms with Gasteiger partial charge in [0.2, 0.25) is 5.41 Å². The van der Waals surface area contributed by atoms with Crippen molar-refractivity contribution in [3.05, 3.63) is 0 Å². The molecular weight excluding hydrogens is 447 g/mol. The van der Waals surface area contributed by atoms with Crippen molar-refractivity contribution in [3.8, 4) is 0 Å². The monoisotopic (exact) mass is 456 g/mol. The fourth-order valence-electron chi connectivity index (χ4n) is 2.08. The molecular formula is C10H9F13O3S. The molecule has 0 aromatic rings. The van der Waals surface area contributed by atoms with E-state index in [-0.39, 0.29) is 0 Å². The molecule has 0 aliphatic heterocycles. The van der Waals surface area contributed by atoms with E-state index < -0.39 is 70.9 Å². The predicted molar refractivity (Wildman–Crippen MR) is 60.8 cm³/mol. The second-order valence-corrected chi connectivity index (χ2v) is 6.86. The molecule has 0 saturated heterocycles. The fourth-order valence-corrected chi connectivity index (χ4v) is 2.65. The van der Waals surface area contributed by atoms with Crippen molar-refractivity contribution in [2.24, 2.45) is 5.41 Å². The molecule has 0 rings (SSSR count). The average molecular weight is 456 g/mol. The normalized spacial score (nSPS) is 15.9. The van der Waals surface area contributed by atoms with Crippen LogP contribution in [-0.2, 0) is 10.1 Å². The van der Waals surface area contributed by atoms with Gasteiger partial charge in [0.05, 0.1) is 5.75 Å². The van der Waals surface area contributed by atoms with Crippen molar-refractivity contribution < 1.29 is 70.0 Å². The molecule has 0 saturated carbocycles. The molecule has 0 radical (unpaired) electrons. The standard InChI is InChI=1S/C10H9F13O3S/c11-6(12,7(13,14)10(21,22)23)5(8(15,16)17,9(18,19)20)3-1-2-4-27(24,25)26/h1-4H2,(H,24,25,26). The molecule has 0 aliphatic carbocycles. The summed E-state index contributed by atoms with van der Waals surface area (Å²) in [6.07, 6.45) is -28.4. The Morgan fingerprint density at radius 3 is 1.22 bits per heavy atom. The lowest BCUT2D eigenvalue weighted by atomic mass is 9.72. The number of hydrogen-bond acceptors (Lipinski definition) is 2. The third-order valence-electron chi connectivity index (χ3n) is 3.46. The Kier molecular flexibility index (Phi) is 6.85. The van der Waals surface area contributed by atoms with Crippen LogP contribution >= 0.6 is 0 Å². The van der Waals surface area contributed by atoms with Crippen LogP contribution in [0, 0.1) is 5.41 Å². The van der Waals surface area contributed by atoms with E-state index in [1.54, 1.807) is 0 Å². The molecule has 0 bridgehead atoms. The van der Waals surface area contributed by atoms with Crippen LogP contribution in [0.2, 0.25) is 0 Å². The molecule has 0 fully saturated rings. The van der Waals surface area contributed by atoms with Crippen LogP contribution in [0.1, 0.15) is 19.3 Å². The molecule has 17 heteroatoms. The van der Waals surface area contributed by atoms with E-state index >= 15 is 0 Å². The maximum atomic E-state index is 13.6. The van der Waals surface area contributed by atoms with E-state index in [2.05, 4.69) is 0 Å². The minimum Gasteiger partial charge on any atom is -0.286 e. The molecule has 0 unspecified atom stereocenters. The molecule has 0 aromatic heterocycles. The Bertz CT molecular complexity index is 600. The Morgan fingerprint density at radius 1 is 0.593 bits per heavy atom. The van der Waals surface area contributed by atoms with Gasteiger partial charge in [0, 0.05) is 0 Å². The number of unbranched alkanes of at least 4 members (excludes halogenated alkanes) is 1. The van der Waals surface area contributed by atoms with Gasteiger partial charge in [-0.05, 0) is 12.8 Å². The van der Waals surface area contributed by atoms with E-state index in [0.717, 1.165) is 0 Å². The van der Waals surface area contributed by atoms with Crippen LogP contribution in [0.4, 0.5) is 57.1 Å². The van der Waals surface area contributed by atoms with E-state index in [9.17, 15) is 65.5 Å². The highest BCUT2D eigenvalue weighted by Gasteiger charge is 2.91. The zero-order chi connectivity index (χ0) is 22.3. The predicted octanol–water partition coefficient (Wildman–Crippen LogP) is 4.99. The second kappa shape index (κ2) is 7.11. The second-order valence-electron chi connectivity index (χ2n) is 5.29. The minimum atomic E-state index is -7.73. The first kappa shape index (κ1) is 26.0. The van der Waals surface area contributed by atoms with Gasteiger partial charge >= 0.3 is 30.4 Å². The molecule has 0 amide bonds. The molecule has 1 N–H and O–H groups in total. The van der Waals surface area contributed by atoms with Crippen molar-refractivity contribution in [3.63, 3.8) is 0 Å². The number of hydrogen-bond donors (Lipinski definition) is 1. The van der Waals surface area contributed by atoms with Gasteiger partial charge in [0.15, 0.2) is 0 Å². The molecule has 164 valence electrons. The average Bonchev–Trinajstić information content (AvgIpc) is 2.31. The van der Waals surface area contributed by atoms with Gasteiger partial charge in [-0.1, -0.05) is 6.42 Å². The lowest BCUT2D eigenvalue weighted by Crippen LogP contribution is -2.70. The van der Waals surface area contributed by atoms with E-state index in [1.165, 1.54) is 0 Å². The van der Waals surface area contributed by atoms with Crippen molar-refractivity contribution >= 4 is 10.1 Å². The molecule has 3 nitrogen and oxygen atoms in total. The van der Waals surface area contributed by atoms with Crippen molar-refractivity contribution in [2.75, 3.05) is 5.75 Å². The number of rotatable bonds is 7. The summed E-state index contributed by atoms with van der Waals surface area (Å²) in [6, 6.07) is 0. The summed E-state index contributed by atoms with van der Waals surface area (Å²) in [7, 11) is -4.98. The lowest BCUT2D eigenvalue weighted by molar-refractivity contribution is -0.461. The Balaban J connectivity index is 6.44. The van der Waals surface area contributed by atoms with Crippen LogP contribution in [0.5, 0.6) is 0 Å². The van der Waals surface area contributed by atoms with Crippen LogP contribution in [-0.4, -0.2) is 49.1 Å². The van der Waals surface area contributed by atoms with E-state index in [1.807, 2.05) is 0 Å². The highest BCUT2D eigenvalue weighted by Crippen LogP contribution is 2.67. The quantitative estimate of drug-likeness (QED) is 0.334. The zero-order valence-electron chi connectivity index (χ0n) is 12.4. The first-order valence-electron chi connectivity index (χ1n) is 6.36. The highest BCUT2D eigenvalue weighted by molar-refractivity contribution is 7.85. The number of alkyl halides is 13. The third-order valence-corrected chi connectivity index (χ3v) is 4.26. The van der Waals surface area contributed by atoms with Crippen LogP contribution in [0.15, 0.2) is 0 Å². The molecule has 0 atom stereocenters. The van der Waals surface area contributed by atoms with Gasteiger partial charge in [-0.2, -0.15) is 65.5 Å². The summed E-state index contributed by atoms with van der Waals surface area (Å²) in [5.41, 5.74) is -6.84. The summed E-state index contributed by atoms with van der Waals surface area (Å²) >= 11 is 0. The van der Waals surface area contributed by atoms with Crippen molar-refractivity contribution in [1.29, 1.82) is 0 Å². The van der Waals surface area contributed by atoms with Crippen molar-refractivity contribution in [1.82, 2.24) is 0 Å². The molecule has 0 spiro atoms. The SMILES string of the molecule is O=S(=O)(O)CCCCC(C(F)(F)F)(C(F)(F)F)C(F)(F)C(F)(F)C(F)(F)F.